The number of pyridine rings is 1. The SMILES string of the molecule is Cl.Cl.Nc1ncc(-c2cnn(C3CCN(CC(F)(F)F)CC3)c2)cc1-c1nc2ccccc2s1. The van der Waals surface area contributed by atoms with Crippen LogP contribution in [0.15, 0.2) is 48.9 Å². The van der Waals surface area contributed by atoms with Crippen LogP contribution in [0.25, 0.3) is 31.9 Å². The molecule has 0 radical (unpaired) electrons. The van der Waals surface area contributed by atoms with E-state index in [9.17, 15) is 13.2 Å². The van der Waals surface area contributed by atoms with Crippen LogP contribution < -0.4 is 5.73 Å². The first-order valence-corrected chi connectivity index (χ1v) is 11.1. The van der Waals surface area contributed by atoms with E-state index in [4.69, 9.17) is 5.73 Å². The molecule has 3 aromatic heterocycles. The number of nitrogen functional groups attached to an aromatic ring is 1. The molecule has 0 aliphatic carbocycles. The standard InChI is InChI=1S/C22H21F3N6S.2ClH/c23-22(24,25)13-30-7-5-16(6-8-30)31-12-15(11-28-31)14-9-17(20(26)27-10-14)21-29-18-3-1-2-4-19(18)32-21;;/h1-4,9-12,16H,5-8,13H2,(H2,26,27);2*1H. The first kappa shape index (κ1) is 26.2. The second-order valence-corrected chi connectivity index (χ2v) is 9.01. The highest BCUT2D eigenvalue weighted by Gasteiger charge is 2.33. The van der Waals surface area contributed by atoms with Crippen molar-refractivity contribution in [3.05, 3.63) is 48.9 Å². The highest BCUT2D eigenvalue weighted by Crippen LogP contribution is 2.35. The fourth-order valence-electron chi connectivity index (χ4n) is 4.07. The molecule has 0 atom stereocenters. The van der Waals surface area contributed by atoms with E-state index < -0.39 is 12.7 Å². The van der Waals surface area contributed by atoms with Crippen molar-refractivity contribution in [3.8, 4) is 21.7 Å². The number of piperidine rings is 1. The number of aromatic nitrogens is 4. The van der Waals surface area contributed by atoms with Gasteiger partial charge in [0.25, 0.3) is 0 Å². The van der Waals surface area contributed by atoms with Gasteiger partial charge in [0.1, 0.15) is 10.8 Å². The predicted octanol–water partition coefficient (Wildman–Crippen LogP) is 5.85. The summed E-state index contributed by atoms with van der Waals surface area (Å²) in [5, 5.41) is 5.29. The molecule has 5 rings (SSSR count). The van der Waals surface area contributed by atoms with Crippen molar-refractivity contribution in [1.82, 2.24) is 24.6 Å². The molecule has 1 aliphatic rings. The minimum atomic E-state index is -4.16. The number of hydrogen-bond donors (Lipinski definition) is 1. The van der Waals surface area contributed by atoms with Gasteiger partial charge in [0.15, 0.2) is 0 Å². The molecular formula is C22H23Cl2F3N6S. The van der Waals surface area contributed by atoms with E-state index in [1.165, 1.54) is 4.90 Å². The number of likely N-dealkylation sites (tertiary alicyclic amines) is 1. The van der Waals surface area contributed by atoms with Gasteiger partial charge in [-0.2, -0.15) is 18.3 Å². The fourth-order valence-corrected chi connectivity index (χ4v) is 5.06. The topological polar surface area (TPSA) is 72.9 Å². The summed E-state index contributed by atoms with van der Waals surface area (Å²) in [6.07, 6.45) is 2.51. The van der Waals surface area contributed by atoms with E-state index in [0.29, 0.717) is 31.7 Å². The Balaban J connectivity index is 0.00000162. The van der Waals surface area contributed by atoms with Gasteiger partial charge in [0, 0.05) is 36.6 Å². The summed E-state index contributed by atoms with van der Waals surface area (Å²) < 4.78 is 40.8. The third-order valence-electron chi connectivity index (χ3n) is 5.71. The highest BCUT2D eigenvalue weighted by atomic mass is 35.5. The van der Waals surface area contributed by atoms with Gasteiger partial charge in [-0.25, -0.2) is 9.97 Å². The first-order chi connectivity index (χ1) is 15.4. The van der Waals surface area contributed by atoms with E-state index in [0.717, 1.165) is 31.9 Å². The molecule has 0 unspecified atom stereocenters. The number of para-hydroxylation sites is 1. The van der Waals surface area contributed by atoms with Crippen LogP contribution >= 0.6 is 36.2 Å². The average Bonchev–Trinajstić information content (AvgIpc) is 3.41. The maximum Gasteiger partial charge on any atom is 0.401 e. The van der Waals surface area contributed by atoms with Crippen LogP contribution in [0.2, 0.25) is 0 Å². The second-order valence-electron chi connectivity index (χ2n) is 7.98. The summed E-state index contributed by atoms with van der Waals surface area (Å²) in [5.41, 5.74) is 9.60. The zero-order valence-electron chi connectivity index (χ0n) is 17.9. The van der Waals surface area contributed by atoms with Crippen molar-refractivity contribution in [2.45, 2.75) is 25.1 Å². The zero-order valence-corrected chi connectivity index (χ0v) is 20.4. The second kappa shape index (κ2) is 10.5. The summed E-state index contributed by atoms with van der Waals surface area (Å²) in [5.74, 6) is 0.414. The number of alkyl halides is 3. The van der Waals surface area contributed by atoms with Crippen LogP contribution in [0.5, 0.6) is 0 Å². The third kappa shape index (κ3) is 5.63. The number of thiazole rings is 1. The molecule has 0 saturated carbocycles. The monoisotopic (exact) mass is 530 g/mol. The molecule has 2 N–H and O–H groups in total. The van der Waals surface area contributed by atoms with Gasteiger partial charge >= 0.3 is 6.18 Å². The molecule has 34 heavy (non-hydrogen) atoms. The predicted molar refractivity (Wildman–Crippen MR) is 134 cm³/mol. The summed E-state index contributed by atoms with van der Waals surface area (Å²) >= 11 is 1.56. The summed E-state index contributed by atoms with van der Waals surface area (Å²) in [7, 11) is 0. The van der Waals surface area contributed by atoms with Gasteiger partial charge < -0.3 is 5.73 Å². The maximum absolute atomic E-state index is 12.6. The Morgan fingerprint density at radius 2 is 1.79 bits per heavy atom. The van der Waals surface area contributed by atoms with Crippen molar-refractivity contribution in [3.63, 3.8) is 0 Å². The Bertz CT molecular complexity index is 1220. The first-order valence-electron chi connectivity index (χ1n) is 10.3. The number of benzene rings is 1. The minimum Gasteiger partial charge on any atom is -0.383 e. The van der Waals surface area contributed by atoms with Gasteiger partial charge in [-0.05, 0) is 31.0 Å². The normalized spacial score (nSPS) is 15.1. The van der Waals surface area contributed by atoms with Gasteiger partial charge in [-0.15, -0.1) is 36.2 Å². The lowest BCUT2D eigenvalue weighted by atomic mass is 10.1. The van der Waals surface area contributed by atoms with Crippen molar-refractivity contribution in [2.75, 3.05) is 25.4 Å². The van der Waals surface area contributed by atoms with Gasteiger partial charge in [0.2, 0.25) is 0 Å². The molecule has 1 saturated heterocycles. The van der Waals surface area contributed by atoms with Crippen molar-refractivity contribution in [2.24, 2.45) is 0 Å². The summed E-state index contributed by atoms with van der Waals surface area (Å²) in [4.78, 5) is 10.5. The zero-order chi connectivity index (χ0) is 22.3. The molecule has 12 heteroatoms. The lowest BCUT2D eigenvalue weighted by Gasteiger charge is -2.32. The molecule has 1 fully saturated rings. The molecule has 1 aliphatic heterocycles. The van der Waals surface area contributed by atoms with Crippen LogP contribution in [0, 0.1) is 0 Å². The maximum atomic E-state index is 12.6. The molecule has 0 bridgehead atoms. The molecule has 4 heterocycles. The van der Waals surface area contributed by atoms with Crippen molar-refractivity contribution in [1.29, 1.82) is 0 Å². The number of nitrogens with zero attached hydrogens (tertiary/aromatic N) is 5. The van der Waals surface area contributed by atoms with Crippen LogP contribution in [-0.4, -0.2) is 50.5 Å². The Morgan fingerprint density at radius 1 is 1.06 bits per heavy atom. The quantitative estimate of drug-likeness (QED) is 0.358. The largest absolute Gasteiger partial charge is 0.401 e. The van der Waals surface area contributed by atoms with E-state index in [1.807, 2.05) is 41.2 Å². The summed E-state index contributed by atoms with van der Waals surface area (Å²) in [6.45, 7) is -0.0369. The number of halogens is 5. The van der Waals surface area contributed by atoms with Gasteiger partial charge in [0.05, 0.1) is 34.6 Å². The van der Waals surface area contributed by atoms with Crippen LogP contribution in [0.4, 0.5) is 19.0 Å². The third-order valence-corrected chi connectivity index (χ3v) is 6.78. The van der Waals surface area contributed by atoms with Crippen LogP contribution in [0.1, 0.15) is 18.9 Å². The Morgan fingerprint density at radius 3 is 2.50 bits per heavy atom. The Kier molecular flexibility index (Phi) is 8.07. The molecular weight excluding hydrogens is 508 g/mol. The Labute approximate surface area is 210 Å². The fraction of sp³-hybridized carbons (Fsp3) is 0.318. The number of rotatable bonds is 4. The van der Waals surface area contributed by atoms with E-state index in [2.05, 4.69) is 15.1 Å². The smallest absolute Gasteiger partial charge is 0.383 e. The average molecular weight is 531 g/mol. The van der Waals surface area contributed by atoms with E-state index >= 15 is 0 Å². The Hall–Kier alpha value is -2.40. The molecule has 4 aromatic rings. The number of nitrogens with two attached hydrogens (primary N) is 1. The van der Waals surface area contributed by atoms with Crippen LogP contribution in [0.3, 0.4) is 0 Å². The highest BCUT2D eigenvalue weighted by molar-refractivity contribution is 7.21. The number of anilines is 1. The molecule has 1 aromatic carbocycles. The number of hydrogen-bond acceptors (Lipinski definition) is 6. The van der Waals surface area contributed by atoms with E-state index in [1.54, 1.807) is 23.7 Å². The van der Waals surface area contributed by atoms with Gasteiger partial charge in [-0.1, -0.05) is 12.1 Å². The minimum absolute atomic E-state index is 0. The lowest BCUT2D eigenvalue weighted by Crippen LogP contribution is -2.40. The molecule has 182 valence electrons. The lowest BCUT2D eigenvalue weighted by molar-refractivity contribution is -0.148. The van der Waals surface area contributed by atoms with Crippen molar-refractivity contribution >= 4 is 52.2 Å². The van der Waals surface area contributed by atoms with Gasteiger partial charge in [-0.3, -0.25) is 9.58 Å². The molecule has 0 amide bonds. The summed E-state index contributed by atoms with van der Waals surface area (Å²) in [6, 6.07) is 9.96. The van der Waals surface area contributed by atoms with Crippen molar-refractivity contribution < 1.29 is 13.2 Å². The number of fused-ring (bicyclic) bond motifs is 1. The molecule has 0 spiro atoms. The molecule has 6 nitrogen and oxygen atoms in total. The van der Waals surface area contributed by atoms with Crippen LogP contribution in [-0.2, 0) is 0 Å². The van der Waals surface area contributed by atoms with E-state index in [-0.39, 0.29) is 30.9 Å².